The molecule has 0 saturated heterocycles. The van der Waals surface area contributed by atoms with Crippen molar-refractivity contribution in [1.29, 1.82) is 0 Å². The van der Waals surface area contributed by atoms with Crippen molar-refractivity contribution in [3.63, 3.8) is 0 Å². The number of rotatable bonds is 7. The predicted octanol–water partition coefficient (Wildman–Crippen LogP) is 2.86. The van der Waals surface area contributed by atoms with Crippen LogP contribution in [0.5, 0.6) is 5.75 Å². The molecule has 8 nitrogen and oxygen atoms in total. The molecule has 160 valence electrons. The summed E-state index contributed by atoms with van der Waals surface area (Å²) in [7, 11) is 1.81. The summed E-state index contributed by atoms with van der Waals surface area (Å²) < 4.78 is 21.7. The van der Waals surface area contributed by atoms with Crippen molar-refractivity contribution < 1.29 is 9.13 Å². The average molecular weight is 414 g/mol. The van der Waals surface area contributed by atoms with E-state index in [2.05, 4.69) is 32.0 Å². The van der Waals surface area contributed by atoms with E-state index in [1.54, 1.807) is 22.0 Å². The molecule has 1 aliphatic rings. The van der Waals surface area contributed by atoms with Gasteiger partial charge in [0, 0.05) is 43.8 Å². The number of guanidine groups is 1. The van der Waals surface area contributed by atoms with Gasteiger partial charge in [0.25, 0.3) is 0 Å². The second kappa shape index (κ2) is 9.06. The lowest BCUT2D eigenvalue weighted by molar-refractivity contribution is 0.323. The largest absolute Gasteiger partial charge is 0.493 e. The first kappa shape index (κ1) is 21.5. The number of ether oxygens (including phenoxy) is 1. The van der Waals surface area contributed by atoms with Crippen LogP contribution in [0.15, 0.2) is 41.2 Å². The maximum Gasteiger partial charge on any atom is 0.203 e. The maximum atomic E-state index is 14.4. The Labute approximate surface area is 176 Å². The van der Waals surface area contributed by atoms with Gasteiger partial charge in [-0.05, 0) is 26.0 Å². The number of hydrogen-bond acceptors (Lipinski definition) is 5. The molecule has 0 saturated carbocycles. The van der Waals surface area contributed by atoms with Crippen molar-refractivity contribution in [3.05, 3.63) is 54.0 Å². The van der Waals surface area contributed by atoms with E-state index in [4.69, 9.17) is 4.74 Å². The zero-order valence-electron chi connectivity index (χ0n) is 17.9. The van der Waals surface area contributed by atoms with Crippen LogP contribution in [-0.4, -0.2) is 45.6 Å². The van der Waals surface area contributed by atoms with Gasteiger partial charge in [-0.2, -0.15) is 5.10 Å². The molecule has 9 heteroatoms. The summed E-state index contributed by atoms with van der Waals surface area (Å²) in [6.45, 7) is 10.4. The van der Waals surface area contributed by atoms with Crippen LogP contribution < -0.4 is 10.1 Å². The fourth-order valence-electron chi connectivity index (χ4n) is 3.32. The molecule has 1 aliphatic heterocycles. The third-order valence-electron chi connectivity index (χ3n) is 4.91. The number of aliphatic imine (C=N–C) groups is 2. The van der Waals surface area contributed by atoms with Gasteiger partial charge >= 0.3 is 0 Å². The molecular formula is C21H28FN7O. The van der Waals surface area contributed by atoms with E-state index in [-0.39, 0.29) is 12.4 Å². The molecule has 0 fully saturated rings. The summed E-state index contributed by atoms with van der Waals surface area (Å²) >= 11 is 0. The Kier molecular flexibility index (Phi) is 6.49. The Balaban J connectivity index is 1.74. The molecule has 0 unspecified atom stereocenters. The topological polar surface area (TPSA) is 79.9 Å². The first-order valence-electron chi connectivity index (χ1n) is 9.90. The monoisotopic (exact) mass is 413 g/mol. The van der Waals surface area contributed by atoms with Crippen LogP contribution in [0, 0.1) is 5.82 Å². The Morgan fingerprint density at radius 1 is 1.47 bits per heavy atom. The number of aromatic nitrogens is 3. The third-order valence-corrected chi connectivity index (χ3v) is 4.91. The van der Waals surface area contributed by atoms with E-state index in [1.807, 2.05) is 27.8 Å². The van der Waals surface area contributed by atoms with E-state index in [1.165, 1.54) is 18.6 Å². The van der Waals surface area contributed by atoms with Crippen molar-refractivity contribution in [1.82, 2.24) is 25.0 Å². The van der Waals surface area contributed by atoms with Crippen LogP contribution in [0.2, 0.25) is 0 Å². The number of halogens is 1. The number of hydrogen-bond donors (Lipinski definition) is 1. The molecular weight excluding hydrogens is 385 g/mol. The molecule has 0 amide bonds. The molecule has 0 aliphatic carbocycles. The van der Waals surface area contributed by atoms with Gasteiger partial charge in [-0.1, -0.05) is 13.5 Å². The van der Waals surface area contributed by atoms with Crippen LogP contribution in [-0.2, 0) is 25.0 Å². The normalized spacial score (nSPS) is 14.0. The lowest BCUT2D eigenvalue weighted by atomic mass is 10.0. The van der Waals surface area contributed by atoms with Gasteiger partial charge in [0.1, 0.15) is 29.4 Å². The van der Waals surface area contributed by atoms with Crippen molar-refractivity contribution in [2.24, 2.45) is 9.98 Å². The van der Waals surface area contributed by atoms with Gasteiger partial charge in [0.05, 0.1) is 12.9 Å². The minimum atomic E-state index is -0.626. The minimum Gasteiger partial charge on any atom is -0.493 e. The number of fused-ring (bicyclic) bond motifs is 1. The molecule has 1 aromatic carbocycles. The number of aryl methyl sites for hydroxylation is 1. The molecule has 0 atom stereocenters. The van der Waals surface area contributed by atoms with Gasteiger partial charge in [-0.25, -0.2) is 24.0 Å². The molecule has 1 N–H and O–H groups in total. The molecule has 2 aromatic rings. The lowest BCUT2D eigenvalue weighted by Gasteiger charge is -2.24. The molecule has 2 heterocycles. The van der Waals surface area contributed by atoms with Gasteiger partial charge in [-0.15, -0.1) is 0 Å². The van der Waals surface area contributed by atoms with Crippen LogP contribution in [0.25, 0.3) is 0 Å². The second-order valence-corrected chi connectivity index (χ2v) is 7.38. The first-order valence-corrected chi connectivity index (χ1v) is 9.90. The Hall–Kier alpha value is -3.23. The molecule has 1 aromatic heterocycles. The number of nitrogens with one attached hydrogen (secondary N) is 1. The zero-order valence-corrected chi connectivity index (χ0v) is 17.9. The lowest BCUT2D eigenvalue weighted by Crippen LogP contribution is -2.39. The highest BCUT2D eigenvalue weighted by atomic mass is 19.1. The number of nitrogens with zero attached hydrogens (tertiary/aromatic N) is 6. The standard InChI is InChI=1S/C21H28FN7O/c1-6-19-25-13-27-29(19)21(3,4)26-14-28(5)20(23-7-2)24-12-16-15-10-11-30-18(15)9-8-17(16)22/h7-9,13-14H,2,6,10-12H2,1,3-5H3,(H,23,24)/b26-14-. The average Bonchev–Trinajstić information content (AvgIpc) is 3.39. The highest BCUT2D eigenvalue weighted by molar-refractivity contribution is 5.90. The third kappa shape index (κ3) is 4.50. The SMILES string of the molecule is C=C/N=C(/NCc1c(F)ccc2c1CCO2)N(C)/C=N\C(C)(C)n1ncnc1CC. The first-order chi connectivity index (χ1) is 14.4. The van der Waals surface area contributed by atoms with Crippen molar-refractivity contribution >= 4 is 12.3 Å². The molecule has 30 heavy (non-hydrogen) atoms. The van der Waals surface area contributed by atoms with Crippen LogP contribution in [0.4, 0.5) is 4.39 Å². The quantitative estimate of drug-likeness (QED) is 0.558. The van der Waals surface area contributed by atoms with Gasteiger partial charge in [-0.3, -0.25) is 0 Å². The Morgan fingerprint density at radius 2 is 2.27 bits per heavy atom. The highest BCUT2D eigenvalue weighted by Gasteiger charge is 2.23. The Bertz CT molecular complexity index is 964. The molecule has 0 bridgehead atoms. The summed E-state index contributed by atoms with van der Waals surface area (Å²) in [5.41, 5.74) is 0.859. The maximum absolute atomic E-state index is 14.4. The van der Waals surface area contributed by atoms with Crippen LogP contribution in [0.3, 0.4) is 0 Å². The summed E-state index contributed by atoms with van der Waals surface area (Å²) in [6, 6.07) is 3.11. The number of benzene rings is 1. The highest BCUT2D eigenvalue weighted by Crippen LogP contribution is 2.30. The summed E-state index contributed by atoms with van der Waals surface area (Å²) in [5, 5.41) is 7.48. The van der Waals surface area contributed by atoms with E-state index in [9.17, 15) is 4.39 Å². The zero-order chi connectivity index (χ0) is 21.7. The van der Waals surface area contributed by atoms with Gasteiger partial charge in [0.15, 0.2) is 0 Å². The van der Waals surface area contributed by atoms with Crippen LogP contribution in [0.1, 0.15) is 37.7 Å². The summed E-state index contributed by atoms with van der Waals surface area (Å²) in [4.78, 5) is 14.9. The summed E-state index contributed by atoms with van der Waals surface area (Å²) in [5.74, 6) is 1.83. The predicted molar refractivity (Wildman–Crippen MR) is 115 cm³/mol. The van der Waals surface area contributed by atoms with E-state index >= 15 is 0 Å². The van der Waals surface area contributed by atoms with Gasteiger partial charge in [0.2, 0.25) is 5.96 Å². The fourth-order valence-corrected chi connectivity index (χ4v) is 3.32. The van der Waals surface area contributed by atoms with E-state index < -0.39 is 5.66 Å². The van der Waals surface area contributed by atoms with Crippen molar-refractivity contribution in [2.75, 3.05) is 13.7 Å². The van der Waals surface area contributed by atoms with Crippen LogP contribution >= 0.6 is 0 Å². The van der Waals surface area contributed by atoms with E-state index in [0.29, 0.717) is 24.6 Å². The van der Waals surface area contributed by atoms with E-state index in [0.717, 1.165) is 23.6 Å². The fraction of sp³-hybridized carbons (Fsp3) is 0.429. The minimum absolute atomic E-state index is 0.263. The molecule has 0 spiro atoms. The van der Waals surface area contributed by atoms with Gasteiger partial charge < -0.3 is 15.0 Å². The summed E-state index contributed by atoms with van der Waals surface area (Å²) in [6.07, 6.45) is 6.07. The van der Waals surface area contributed by atoms with Crippen molar-refractivity contribution in [2.45, 2.75) is 45.8 Å². The Morgan fingerprint density at radius 3 is 3.00 bits per heavy atom. The smallest absolute Gasteiger partial charge is 0.203 e. The molecule has 3 rings (SSSR count). The van der Waals surface area contributed by atoms with Crippen molar-refractivity contribution in [3.8, 4) is 5.75 Å². The molecule has 0 radical (unpaired) electrons. The second-order valence-electron chi connectivity index (χ2n) is 7.38.